The zero-order chi connectivity index (χ0) is 21.0. The second kappa shape index (κ2) is 8.47. The number of carbonyl (C=O) groups is 1. The fourth-order valence-electron chi connectivity index (χ4n) is 2.79. The molecule has 0 saturated carbocycles. The number of aromatic nitrogens is 3. The average Bonchev–Trinajstić information content (AvgIpc) is 3.45. The van der Waals surface area contributed by atoms with Crippen LogP contribution in [0.15, 0.2) is 77.3 Å². The Bertz CT molecular complexity index is 1240. The highest BCUT2D eigenvalue weighted by Gasteiger charge is 2.17. The Labute approximate surface area is 177 Å². The van der Waals surface area contributed by atoms with Gasteiger partial charge in [0.15, 0.2) is 5.13 Å². The lowest BCUT2D eigenvalue weighted by Gasteiger charge is -2.08. The summed E-state index contributed by atoms with van der Waals surface area (Å²) in [5.41, 5.74) is 2.71. The Morgan fingerprint density at radius 3 is 2.53 bits per heavy atom. The van der Waals surface area contributed by atoms with Crippen LogP contribution in [0.2, 0.25) is 0 Å². The lowest BCUT2D eigenvalue weighted by molar-refractivity contribution is 0.0951. The van der Waals surface area contributed by atoms with Crippen LogP contribution in [0.4, 0.5) is 5.13 Å². The van der Waals surface area contributed by atoms with Crippen LogP contribution in [0.25, 0.3) is 11.3 Å². The van der Waals surface area contributed by atoms with Crippen LogP contribution in [0.3, 0.4) is 0 Å². The third-order valence-electron chi connectivity index (χ3n) is 4.29. The van der Waals surface area contributed by atoms with E-state index >= 15 is 0 Å². The summed E-state index contributed by atoms with van der Waals surface area (Å²) in [6.45, 7) is 0.248. The molecule has 2 aromatic carbocycles. The molecule has 152 valence electrons. The molecule has 0 radical (unpaired) electrons. The molecule has 10 heteroatoms. The van der Waals surface area contributed by atoms with Crippen molar-refractivity contribution in [1.29, 1.82) is 0 Å². The van der Waals surface area contributed by atoms with Crippen molar-refractivity contribution in [3.8, 4) is 11.3 Å². The summed E-state index contributed by atoms with van der Waals surface area (Å²) >= 11 is 1.20. The smallest absolute Gasteiger partial charge is 0.263 e. The van der Waals surface area contributed by atoms with Crippen LogP contribution >= 0.6 is 11.3 Å². The first-order valence-electron chi connectivity index (χ1n) is 8.91. The second-order valence-electron chi connectivity index (χ2n) is 6.29. The minimum atomic E-state index is -3.70. The van der Waals surface area contributed by atoms with E-state index < -0.39 is 10.0 Å². The Morgan fingerprint density at radius 2 is 1.83 bits per heavy atom. The lowest BCUT2D eigenvalue weighted by atomic mass is 10.1. The number of hydrogen-bond donors (Lipinski definition) is 3. The van der Waals surface area contributed by atoms with E-state index in [1.807, 2.05) is 30.3 Å². The quantitative estimate of drug-likeness (QED) is 0.409. The molecule has 2 heterocycles. The first kappa shape index (κ1) is 19.8. The molecule has 4 aromatic rings. The van der Waals surface area contributed by atoms with Crippen molar-refractivity contribution < 1.29 is 13.2 Å². The van der Waals surface area contributed by atoms with Crippen molar-refractivity contribution >= 4 is 32.4 Å². The van der Waals surface area contributed by atoms with E-state index in [4.69, 9.17) is 0 Å². The van der Waals surface area contributed by atoms with Gasteiger partial charge in [-0.25, -0.2) is 13.4 Å². The lowest BCUT2D eigenvalue weighted by Crippen LogP contribution is -2.23. The molecule has 0 aliphatic carbocycles. The number of rotatable bonds is 7. The van der Waals surface area contributed by atoms with E-state index in [0.717, 1.165) is 11.1 Å². The summed E-state index contributed by atoms with van der Waals surface area (Å²) in [6.07, 6.45) is 3.01. The fourth-order valence-corrected chi connectivity index (χ4v) is 4.58. The molecular formula is C20H17N5O3S2. The number of anilines is 1. The Morgan fingerprint density at radius 1 is 1.07 bits per heavy atom. The molecule has 1 amide bonds. The van der Waals surface area contributed by atoms with Crippen LogP contribution in [-0.2, 0) is 16.6 Å². The van der Waals surface area contributed by atoms with Gasteiger partial charge < -0.3 is 5.32 Å². The number of nitrogens with zero attached hydrogens (tertiary/aromatic N) is 2. The van der Waals surface area contributed by atoms with Crippen molar-refractivity contribution in [2.45, 2.75) is 11.4 Å². The van der Waals surface area contributed by atoms with Gasteiger partial charge in [-0.2, -0.15) is 5.10 Å². The van der Waals surface area contributed by atoms with Gasteiger partial charge in [0, 0.05) is 23.7 Å². The van der Waals surface area contributed by atoms with Gasteiger partial charge in [0.1, 0.15) is 0 Å². The fraction of sp³-hybridized carbons (Fsp3) is 0.0500. The summed E-state index contributed by atoms with van der Waals surface area (Å²) in [5, 5.41) is 11.7. The Balaban J connectivity index is 1.41. The molecule has 2 aromatic heterocycles. The van der Waals surface area contributed by atoms with E-state index in [-0.39, 0.29) is 17.3 Å². The number of thiazole rings is 1. The molecule has 8 nitrogen and oxygen atoms in total. The third-order valence-corrected chi connectivity index (χ3v) is 6.46. The number of amides is 1. The van der Waals surface area contributed by atoms with Crippen LogP contribution in [0, 0.1) is 0 Å². The molecule has 0 aliphatic rings. The minimum absolute atomic E-state index is 0.119. The number of H-pyrrole nitrogens is 1. The maximum Gasteiger partial charge on any atom is 0.263 e. The number of benzene rings is 2. The van der Waals surface area contributed by atoms with E-state index in [9.17, 15) is 13.2 Å². The van der Waals surface area contributed by atoms with Gasteiger partial charge in [-0.05, 0) is 17.7 Å². The zero-order valence-corrected chi connectivity index (χ0v) is 17.2. The van der Waals surface area contributed by atoms with E-state index in [1.54, 1.807) is 17.5 Å². The minimum Gasteiger partial charge on any atom is -0.348 e. The highest BCUT2D eigenvalue weighted by atomic mass is 32.2. The monoisotopic (exact) mass is 439 g/mol. The first-order valence-corrected chi connectivity index (χ1v) is 11.3. The number of aromatic amines is 1. The van der Waals surface area contributed by atoms with Gasteiger partial charge in [-0.1, -0.05) is 42.5 Å². The SMILES string of the molecule is O=C(NCc1ccc(S(=O)(=O)Nc2nccs2)cc1)c1cn[nH]c1-c1ccccc1. The molecule has 3 N–H and O–H groups in total. The third kappa shape index (κ3) is 4.39. The predicted molar refractivity (Wildman–Crippen MR) is 115 cm³/mol. The standard InChI is InChI=1S/C20H17N5O3S2/c26-19(17-13-23-24-18(17)15-4-2-1-3-5-15)22-12-14-6-8-16(9-7-14)30(27,28)25-20-21-10-11-29-20/h1-11,13H,12H2,(H,21,25)(H,22,26)(H,23,24). The number of carbonyl (C=O) groups excluding carboxylic acids is 1. The van der Waals surface area contributed by atoms with Gasteiger partial charge in [-0.3, -0.25) is 14.6 Å². The van der Waals surface area contributed by atoms with Gasteiger partial charge in [0.25, 0.3) is 15.9 Å². The Hall–Kier alpha value is -3.50. The molecule has 0 aliphatic heterocycles. The molecule has 0 atom stereocenters. The molecule has 0 bridgehead atoms. The van der Waals surface area contributed by atoms with E-state index in [2.05, 4.69) is 25.2 Å². The molecule has 0 unspecified atom stereocenters. The highest BCUT2D eigenvalue weighted by Crippen LogP contribution is 2.21. The number of hydrogen-bond acceptors (Lipinski definition) is 6. The molecule has 0 spiro atoms. The molecule has 0 fully saturated rings. The topological polar surface area (TPSA) is 117 Å². The van der Waals surface area contributed by atoms with Crippen LogP contribution in [-0.4, -0.2) is 29.5 Å². The van der Waals surface area contributed by atoms with Crippen LogP contribution < -0.4 is 10.0 Å². The van der Waals surface area contributed by atoms with E-state index in [1.165, 1.54) is 35.9 Å². The highest BCUT2D eigenvalue weighted by molar-refractivity contribution is 7.93. The Kier molecular flexibility index (Phi) is 5.59. The summed E-state index contributed by atoms with van der Waals surface area (Å²) in [5.74, 6) is -0.273. The number of nitrogens with one attached hydrogen (secondary N) is 3. The van der Waals surface area contributed by atoms with Gasteiger partial charge >= 0.3 is 0 Å². The van der Waals surface area contributed by atoms with Crippen molar-refractivity contribution in [1.82, 2.24) is 20.5 Å². The van der Waals surface area contributed by atoms with Crippen molar-refractivity contribution in [2.24, 2.45) is 0 Å². The summed E-state index contributed by atoms with van der Waals surface area (Å²) in [4.78, 5) is 16.6. The summed E-state index contributed by atoms with van der Waals surface area (Å²) < 4.78 is 27.2. The number of sulfonamides is 1. The van der Waals surface area contributed by atoms with Gasteiger partial charge in [-0.15, -0.1) is 11.3 Å². The van der Waals surface area contributed by atoms with E-state index in [0.29, 0.717) is 16.4 Å². The van der Waals surface area contributed by atoms with Crippen LogP contribution in [0.1, 0.15) is 15.9 Å². The molecule has 0 saturated heterocycles. The average molecular weight is 440 g/mol. The van der Waals surface area contributed by atoms with Gasteiger partial charge in [0.2, 0.25) is 0 Å². The maximum atomic E-state index is 12.6. The normalized spacial score (nSPS) is 11.2. The largest absolute Gasteiger partial charge is 0.348 e. The molecule has 4 rings (SSSR count). The summed E-state index contributed by atoms with van der Waals surface area (Å²) in [6, 6.07) is 15.7. The van der Waals surface area contributed by atoms with Gasteiger partial charge in [0.05, 0.1) is 22.3 Å². The van der Waals surface area contributed by atoms with Crippen molar-refractivity contribution in [3.63, 3.8) is 0 Å². The first-order chi connectivity index (χ1) is 14.5. The van der Waals surface area contributed by atoms with Crippen LogP contribution in [0.5, 0.6) is 0 Å². The van der Waals surface area contributed by atoms with Crippen molar-refractivity contribution in [3.05, 3.63) is 83.5 Å². The summed E-state index contributed by atoms with van der Waals surface area (Å²) in [7, 11) is -3.70. The molecular weight excluding hydrogens is 422 g/mol. The predicted octanol–water partition coefficient (Wildman–Crippen LogP) is 3.26. The second-order valence-corrected chi connectivity index (χ2v) is 8.87. The van der Waals surface area contributed by atoms with Crippen molar-refractivity contribution in [2.75, 3.05) is 4.72 Å². The zero-order valence-electron chi connectivity index (χ0n) is 15.6. The molecule has 30 heavy (non-hydrogen) atoms. The maximum absolute atomic E-state index is 12.6.